The van der Waals surface area contributed by atoms with E-state index in [2.05, 4.69) is 21.2 Å². The van der Waals surface area contributed by atoms with Crippen LogP contribution in [-0.4, -0.2) is 22.1 Å². The number of amides is 1. The standard InChI is InChI=1S/C7H10BrNO2/c1-7(2)3-4(10)5(8)6(11)9-7/h5H,3H2,1-2H3,(H,9,11)/t5-/m1/s1. The van der Waals surface area contributed by atoms with Crippen molar-refractivity contribution in [1.82, 2.24) is 5.32 Å². The Balaban J connectivity index is 2.78. The number of nitrogens with one attached hydrogen (secondary N) is 1. The number of rotatable bonds is 0. The van der Waals surface area contributed by atoms with Gasteiger partial charge in [-0.1, -0.05) is 15.9 Å². The summed E-state index contributed by atoms with van der Waals surface area (Å²) in [5.74, 6) is -0.273. The summed E-state index contributed by atoms with van der Waals surface area (Å²) in [6.07, 6.45) is 0.397. The Bertz CT molecular complexity index is 192. The van der Waals surface area contributed by atoms with Gasteiger partial charge in [0.1, 0.15) is 0 Å². The predicted octanol–water partition coefficient (Wildman–Crippen LogP) is 0.617. The molecule has 62 valence electrons. The molecule has 0 unspecified atom stereocenters. The second-order valence-electron chi connectivity index (χ2n) is 3.38. The maximum atomic E-state index is 11.1. The highest BCUT2D eigenvalue weighted by Gasteiger charge is 2.37. The Hall–Kier alpha value is -0.380. The minimum atomic E-state index is -0.643. The zero-order valence-corrected chi connectivity index (χ0v) is 8.06. The van der Waals surface area contributed by atoms with Gasteiger partial charge in [-0.2, -0.15) is 0 Å². The third-order valence-electron chi connectivity index (χ3n) is 1.59. The summed E-state index contributed by atoms with van der Waals surface area (Å²) in [6, 6.07) is 0. The average molecular weight is 220 g/mol. The van der Waals surface area contributed by atoms with E-state index in [1.807, 2.05) is 13.8 Å². The van der Waals surface area contributed by atoms with Crippen LogP contribution in [0.4, 0.5) is 0 Å². The first-order chi connectivity index (χ1) is 4.92. The zero-order chi connectivity index (χ0) is 8.65. The van der Waals surface area contributed by atoms with E-state index < -0.39 is 4.83 Å². The predicted molar refractivity (Wildman–Crippen MR) is 44.6 cm³/mol. The van der Waals surface area contributed by atoms with Crippen molar-refractivity contribution >= 4 is 27.6 Å². The van der Waals surface area contributed by atoms with E-state index >= 15 is 0 Å². The van der Waals surface area contributed by atoms with Crippen molar-refractivity contribution < 1.29 is 9.59 Å². The molecule has 0 aromatic rings. The van der Waals surface area contributed by atoms with Crippen molar-refractivity contribution in [3.63, 3.8) is 0 Å². The molecule has 1 saturated heterocycles. The van der Waals surface area contributed by atoms with Crippen LogP contribution in [0.15, 0.2) is 0 Å². The molecule has 0 spiro atoms. The van der Waals surface area contributed by atoms with Crippen LogP contribution < -0.4 is 5.32 Å². The number of ketones is 1. The second-order valence-corrected chi connectivity index (χ2v) is 4.29. The first-order valence-corrected chi connectivity index (χ1v) is 4.33. The molecule has 0 aliphatic carbocycles. The van der Waals surface area contributed by atoms with Crippen LogP contribution in [0.25, 0.3) is 0 Å². The summed E-state index contributed by atoms with van der Waals surface area (Å²) in [5, 5.41) is 2.73. The molecule has 0 bridgehead atoms. The zero-order valence-electron chi connectivity index (χ0n) is 6.48. The maximum absolute atomic E-state index is 11.1. The molecule has 0 saturated carbocycles. The normalized spacial score (nSPS) is 29.9. The SMILES string of the molecule is CC1(C)CC(=O)[C@@H](Br)C(=O)N1. The van der Waals surface area contributed by atoms with E-state index in [1.165, 1.54) is 0 Å². The van der Waals surface area contributed by atoms with Crippen LogP contribution in [0.3, 0.4) is 0 Å². The Morgan fingerprint density at radius 3 is 2.55 bits per heavy atom. The van der Waals surface area contributed by atoms with Gasteiger partial charge in [-0.15, -0.1) is 0 Å². The summed E-state index contributed by atoms with van der Waals surface area (Å²) in [6.45, 7) is 3.67. The molecule has 1 atom stereocenters. The van der Waals surface area contributed by atoms with Crippen molar-refractivity contribution in [1.29, 1.82) is 0 Å². The number of hydrogen-bond acceptors (Lipinski definition) is 2. The van der Waals surface area contributed by atoms with Crippen LogP contribution in [-0.2, 0) is 9.59 Å². The lowest BCUT2D eigenvalue weighted by molar-refractivity contribution is -0.132. The summed E-state index contributed by atoms with van der Waals surface area (Å²) in [4.78, 5) is 21.5. The highest BCUT2D eigenvalue weighted by molar-refractivity contribution is 9.10. The van der Waals surface area contributed by atoms with E-state index in [9.17, 15) is 9.59 Å². The lowest BCUT2D eigenvalue weighted by Gasteiger charge is -2.31. The second kappa shape index (κ2) is 2.59. The van der Waals surface area contributed by atoms with Gasteiger partial charge in [-0.05, 0) is 13.8 Å². The fourth-order valence-corrected chi connectivity index (χ4v) is 1.39. The minimum absolute atomic E-state index is 0.0428. The largest absolute Gasteiger partial charge is 0.349 e. The number of alkyl halides is 1. The fourth-order valence-electron chi connectivity index (χ4n) is 1.11. The van der Waals surface area contributed by atoms with Gasteiger partial charge >= 0.3 is 0 Å². The van der Waals surface area contributed by atoms with Crippen LogP contribution >= 0.6 is 15.9 Å². The lowest BCUT2D eigenvalue weighted by Crippen LogP contribution is -2.55. The molecular weight excluding hydrogens is 210 g/mol. The number of halogens is 1. The first-order valence-electron chi connectivity index (χ1n) is 3.41. The summed E-state index contributed by atoms with van der Waals surface area (Å²) in [7, 11) is 0. The summed E-state index contributed by atoms with van der Waals surface area (Å²) >= 11 is 3.01. The van der Waals surface area contributed by atoms with Gasteiger partial charge in [0.15, 0.2) is 10.6 Å². The van der Waals surface area contributed by atoms with Crippen molar-refractivity contribution in [2.75, 3.05) is 0 Å². The third-order valence-corrected chi connectivity index (χ3v) is 2.52. The Morgan fingerprint density at radius 2 is 2.09 bits per heavy atom. The molecule has 11 heavy (non-hydrogen) atoms. The van der Waals surface area contributed by atoms with Crippen molar-refractivity contribution in [3.8, 4) is 0 Å². The minimum Gasteiger partial charge on any atom is -0.349 e. The number of Topliss-reactive ketones (excluding diaryl/α,β-unsaturated/α-hetero) is 1. The molecule has 1 heterocycles. The van der Waals surface area contributed by atoms with Crippen LogP contribution in [0.5, 0.6) is 0 Å². The van der Waals surface area contributed by atoms with Gasteiger partial charge in [0.05, 0.1) is 0 Å². The monoisotopic (exact) mass is 219 g/mol. The molecule has 4 heteroatoms. The summed E-state index contributed by atoms with van der Waals surface area (Å²) in [5.41, 5.74) is -0.377. The van der Waals surface area contributed by atoms with E-state index in [-0.39, 0.29) is 17.2 Å². The molecule has 1 rings (SSSR count). The van der Waals surface area contributed by atoms with Crippen molar-refractivity contribution in [2.45, 2.75) is 30.6 Å². The smallest absolute Gasteiger partial charge is 0.241 e. The van der Waals surface area contributed by atoms with Crippen LogP contribution in [0.2, 0.25) is 0 Å². The van der Waals surface area contributed by atoms with Gasteiger partial charge in [0.25, 0.3) is 0 Å². The third kappa shape index (κ3) is 1.80. The van der Waals surface area contributed by atoms with Gasteiger partial charge in [-0.25, -0.2) is 0 Å². The van der Waals surface area contributed by atoms with Crippen LogP contribution in [0.1, 0.15) is 20.3 Å². The molecule has 0 radical (unpaired) electrons. The number of hydrogen-bond donors (Lipinski definition) is 1. The number of carbonyl (C=O) groups is 2. The van der Waals surface area contributed by atoms with Crippen molar-refractivity contribution in [3.05, 3.63) is 0 Å². The summed E-state index contributed by atoms with van der Waals surface area (Å²) < 4.78 is 0. The molecule has 3 nitrogen and oxygen atoms in total. The van der Waals surface area contributed by atoms with Crippen LogP contribution in [0, 0.1) is 0 Å². The highest BCUT2D eigenvalue weighted by atomic mass is 79.9. The fraction of sp³-hybridized carbons (Fsp3) is 0.714. The van der Waals surface area contributed by atoms with Gasteiger partial charge in [0.2, 0.25) is 5.91 Å². The molecular formula is C7H10BrNO2. The first kappa shape index (κ1) is 8.71. The van der Waals surface area contributed by atoms with Gasteiger partial charge < -0.3 is 5.32 Å². The van der Waals surface area contributed by atoms with Crippen molar-refractivity contribution in [2.24, 2.45) is 0 Å². The molecule has 1 fully saturated rings. The molecule has 0 aromatic heterocycles. The highest BCUT2D eigenvalue weighted by Crippen LogP contribution is 2.19. The maximum Gasteiger partial charge on any atom is 0.241 e. The van der Waals surface area contributed by atoms with E-state index in [4.69, 9.17) is 0 Å². The molecule has 1 N–H and O–H groups in total. The average Bonchev–Trinajstić information content (AvgIpc) is 1.81. The molecule has 1 aliphatic heterocycles. The molecule has 1 aliphatic rings. The lowest BCUT2D eigenvalue weighted by atomic mass is 9.92. The van der Waals surface area contributed by atoms with E-state index in [0.29, 0.717) is 6.42 Å². The Morgan fingerprint density at radius 1 is 1.55 bits per heavy atom. The number of carbonyl (C=O) groups excluding carboxylic acids is 2. The quantitative estimate of drug-likeness (QED) is 0.480. The molecule has 1 amide bonds. The Labute approximate surface area is 73.7 Å². The topological polar surface area (TPSA) is 46.2 Å². The van der Waals surface area contributed by atoms with Gasteiger partial charge in [-0.3, -0.25) is 9.59 Å². The molecule has 0 aromatic carbocycles. The van der Waals surface area contributed by atoms with E-state index in [0.717, 1.165) is 0 Å². The van der Waals surface area contributed by atoms with Gasteiger partial charge in [0, 0.05) is 12.0 Å². The Kier molecular flexibility index (Phi) is 2.05. The number of piperidine rings is 1. The van der Waals surface area contributed by atoms with E-state index in [1.54, 1.807) is 0 Å².